The molecule has 0 spiro atoms. The van der Waals surface area contributed by atoms with E-state index in [-0.39, 0.29) is 42.3 Å². The van der Waals surface area contributed by atoms with Crippen molar-refractivity contribution in [3.63, 3.8) is 0 Å². The van der Waals surface area contributed by atoms with Gasteiger partial charge in [0.05, 0.1) is 23.0 Å². The molecule has 1 unspecified atom stereocenters. The lowest BCUT2D eigenvalue weighted by Crippen LogP contribution is -2.26. The number of carbonyl (C=O) groups is 3. The van der Waals surface area contributed by atoms with Crippen molar-refractivity contribution >= 4 is 40.2 Å². The standard InChI is InChI=1S/C27H24N6O5/c1-33-11-20(31-18-6-4-15-9-16(27(36)37)3-5-17(15)18)23-25(33)24(30-13-29-23)26(35)28-10-14-2-7-21-19(8-14)32-22(34)12-38-21/h2-3,5,7-9,11,13,18,31H,4,6,10,12H2,1H3,(H,28,35)(H,32,34)(H,36,37). The van der Waals surface area contributed by atoms with Crippen LogP contribution < -0.4 is 20.7 Å². The summed E-state index contributed by atoms with van der Waals surface area (Å²) in [5.74, 6) is -0.918. The number of aromatic carboxylic acids is 1. The predicted octanol–water partition coefficient (Wildman–Crippen LogP) is 3.03. The van der Waals surface area contributed by atoms with E-state index in [4.69, 9.17) is 4.74 Å². The van der Waals surface area contributed by atoms with E-state index in [2.05, 4.69) is 25.9 Å². The molecule has 38 heavy (non-hydrogen) atoms. The molecule has 2 aromatic carbocycles. The second kappa shape index (κ2) is 9.18. The summed E-state index contributed by atoms with van der Waals surface area (Å²) in [5, 5.41) is 18.5. The molecule has 0 fully saturated rings. The van der Waals surface area contributed by atoms with E-state index in [0.717, 1.165) is 35.2 Å². The lowest BCUT2D eigenvalue weighted by atomic mass is 10.0. The summed E-state index contributed by atoms with van der Waals surface area (Å²) in [7, 11) is 1.83. The van der Waals surface area contributed by atoms with Gasteiger partial charge in [0.1, 0.15) is 23.1 Å². The number of hydrogen-bond acceptors (Lipinski definition) is 7. The summed E-state index contributed by atoms with van der Waals surface area (Å²) < 4.78 is 7.20. The number of carbonyl (C=O) groups excluding carboxylic acids is 2. The van der Waals surface area contributed by atoms with Crippen LogP contribution in [0.1, 0.15) is 50.0 Å². The number of nitrogens with zero attached hydrogens (tertiary/aromatic N) is 3. The zero-order valence-electron chi connectivity index (χ0n) is 20.4. The zero-order chi connectivity index (χ0) is 26.4. The third-order valence-corrected chi connectivity index (χ3v) is 6.90. The van der Waals surface area contributed by atoms with Crippen molar-refractivity contribution in [1.82, 2.24) is 19.9 Å². The van der Waals surface area contributed by atoms with Crippen molar-refractivity contribution in [2.45, 2.75) is 25.4 Å². The SMILES string of the molecule is Cn1cc(NC2CCc3cc(C(=O)O)ccc32)c2ncnc(C(=O)NCc3ccc4c(c3)NC(=O)CO4)c21. The molecule has 1 aliphatic heterocycles. The van der Waals surface area contributed by atoms with E-state index >= 15 is 0 Å². The molecular formula is C27H24N6O5. The number of nitrogens with one attached hydrogen (secondary N) is 3. The number of aryl methyl sites for hydroxylation is 2. The summed E-state index contributed by atoms with van der Waals surface area (Å²) in [4.78, 5) is 44.8. The fourth-order valence-electron chi connectivity index (χ4n) is 5.10. The third kappa shape index (κ3) is 4.17. The molecule has 1 aliphatic carbocycles. The molecule has 3 heterocycles. The van der Waals surface area contributed by atoms with E-state index in [1.165, 1.54) is 6.33 Å². The summed E-state index contributed by atoms with van der Waals surface area (Å²) in [6.07, 6.45) is 4.85. The number of fused-ring (bicyclic) bond motifs is 3. The Labute approximate surface area is 216 Å². The van der Waals surface area contributed by atoms with Crippen molar-refractivity contribution in [3.8, 4) is 5.75 Å². The van der Waals surface area contributed by atoms with Crippen molar-refractivity contribution in [1.29, 1.82) is 0 Å². The highest BCUT2D eigenvalue weighted by molar-refractivity contribution is 6.06. The average Bonchev–Trinajstić information content (AvgIpc) is 3.47. The van der Waals surface area contributed by atoms with Gasteiger partial charge < -0.3 is 30.4 Å². The van der Waals surface area contributed by atoms with Crippen LogP contribution in [0.15, 0.2) is 48.9 Å². The highest BCUT2D eigenvalue weighted by Gasteiger charge is 2.26. The molecule has 1 atom stereocenters. The van der Waals surface area contributed by atoms with Crippen LogP contribution in [0.2, 0.25) is 0 Å². The van der Waals surface area contributed by atoms with Crippen molar-refractivity contribution in [3.05, 3.63) is 76.9 Å². The first-order chi connectivity index (χ1) is 18.4. The van der Waals surface area contributed by atoms with E-state index in [0.29, 0.717) is 22.5 Å². The first-order valence-electron chi connectivity index (χ1n) is 12.1. The molecule has 0 saturated carbocycles. The van der Waals surface area contributed by atoms with Crippen LogP contribution >= 0.6 is 0 Å². The van der Waals surface area contributed by atoms with Crippen molar-refractivity contribution in [2.24, 2.45) is 7.05 Å². The lowest BCUT2D eigenvalue weighted by Gasteiger charge is -2.18. The fourth-order valence-corrected chi connectivity index (χ4v) is 5.10. The van der Waals surface area contributed by atoms with E-state index in [9.17, 15) is 19.5 Å². The van der Waals surface area contributed by atoms with Gasteiger partial charge in [-0.25, -0.2) is 14.8 Å². The van der Waals surface area contributed by atoms with Gasteiger partial charge in [-0.05, 0) is 53.8 Å². The second-order valence-electron chi connectivity index (χ2n) is 9.38. The Kier molecular flexibility index (Phi) is 5.67. The predicted molar refractivity (Wildman–Crippen MR) is 138 cm³/mol. The molecule has 6 rings (SSSR count). The van der Waals surface area contributed by atoms with Gasteiger partial charge in [0.15, 0.2) is 12.3 Å². The molecule has 11 heteroatoms. The number of rotatable bonds is 6. The Morgan fingerprint density at radius 2 is 2.08 bits per heavy atom. The van der Waals surface area contributed by atoms with Crippen molar-refractivity contribution < 1.29 is 24.2 Å². The summed E-state index contributed by atoms with van der Waals surface area (Å²) in [5.41, 5.74) is 5.97. The van der Waals surface area contributed by atoms with Crippen LogP contribution in [0.25, 0.3) is 11.0 Å². The molecule has 2 amide bonds. The number of aromatic nitrogens is 3. The van der Waals surface area contributed by atoms with Crippen LogP contribution in [-0.2, 0) is 24.8 Å². The second-order valence-corrected chi connectivity index (χ2v) is 9.38. The molecule has 4 N–H and O–H groups in total. The van der Waals surface area contributed by atoms with Gasteiger partial charge in [-0.3, -0.25) is 9.59 Å². The largest absolute Gasteiger partial charge is 0.482 e. The minimum absolute atomic E-state index is 0.000772. The van der Waals surface area contributed by atoms with Crippen LogP contribution in [0, 0.1) is 0 Å². The lowest BCUT2D eigenvalue weighted by molar-refractivity contribution is -0.118. The molecule has 0 saturated heterocycles. The topological polar surface area (TPSA) is 147 Å². The maximum Gasteiger partial charge on any atom is 0.335 e. The van der Waals surface area contributed by atoms with Gasteiger partial charge in [-0.15, -0.1) is 0 Å². The fraction of sp³-hybridized carbons (Fsp3) is 0.222. The summed E-state index contributed by atoms with van der Waals surface area (Å²) in [6, 6.07) is 10.6. The Bertz CT molecular complexity index is 1630. The molecular weight excluding hydrogens is 488 g/mol. The molecule has 2 aromatic heterocycles. The summed E-state index contributed by atoms with van der Waals surface area (Å²) >= 11 is 0. The molecule has 4 aromatic rings. The van der Waals surface area contributed by atoms with Gasteiger partial charge in [0, 0.05) is 19.8 Å². The zero-order valence-corrected chi connectivity index (χ0v) is 20.4. The van der Waals surface area contributed by atoms with E-state index in [1.807, 2.05) is 29.9 Å². The smallest absolute Gasteiger partial charge is 0.335 e. The Morgan fingerprint density at radius 1 is 1.21 bits per heavy atom. The quantitative estimate of drug-likeness (QED) is 0.308. The maximum atomic E-state index is 13.2. The van der Waals surface area contributed by atoms with Crippen LogP contribution in [-0.4, -0.2) is 44.0 Å². The van der Waals surface area contributed by atoms with Crippen molar-refractivity contribution in [2.75, 3.05) is 17.2 Å². The van der Waals surface area contributed by atoms with Gasteiger partial charge in [-0.2, -0.15) is 0 Å². The van der Waals surface area contributed by atoms with Crippen LogP contribution in [0.3, 0.4) is 0 Å². The number of carboxylic acid groups (broad SMARTS) is 1. The van der Waals surface area contributed by atoms with E-state index < -0.39 is 5.97 Å². The minimum atomic E-state index is -0.937. The summed E-state index contributed by atoms with van der Waals surface area (Å²) in [6.45, 7) is 0.222. The normalized spacial score (nSPS) is 15.8. The first kappa shape index (κ1) is 23.5. The van der Waals surface area contributed by atoms with Crippen LogP contribution in [0.4, 0.5) is 11.4 Å². The molecule has 0 bridgehead atoms. The number of amides is 2. The molecule has 0 radical (unpaired) electrons. The Morgan fingerprint density at radius 3 is 2.92 bits per heavy atom. The minimum Gasteiger partial charge on any atom is -0.482 e. The first-order valence-corrected chi connectivity index (χ1v) is 12.1. The molecule has 2 aliphatic rings. The third-order valence-electron chi connectivity index (χ3n) is 6.90. The highest BCUT2D eigenvalue weighted by Crippen LogP contribution is 2.36. The van der Waals surface area contributed by atoms with Gasteiger partial charge in [0.2, 0.25) is 0 Å². The average molecular weight is 513 g/mol. The number of ether oxygens (including phenoxy) is 1. The number of anilines is 2. The monoisotopic (exact) mass is 512 g/mol. The number of carboxylic acids is 1. The van der Waals surface area contributed by atoms with Gasteiger partial charge in [0.25, 0.3) is 11.8 Å². The maximum absolute atomic E-state index is 13.2. The van der Waals surface area contributed by atoms with E-state index in [1.54, 1.807) is 24.3 Å². The number of hydrogen-bond donors (Lipinski definition) is 4. The molecule has 11 nitrogen and oxygen atoms in total. The van der Waals surface area contributed by atoms with Gasteiger partial charge in [-0.1, -0.05) is 12.1 Å². The Hall–Kier alpha value is -4.93. The van der Waals surface area contributed by atoms with Crippen LogP contribution in [0.5, 0.6) is 5.75 Å². The Balaban J connectivity index is 1.21. The number of benzene rings is 2. The highest BCUT2D eigenvalue weighted by atomic mass is 16.5. The molecule has 192 valence electrons. The van der Waals surface area contributed by atoms with Gasteiger partial charge >= 0.3 is 5.97 Å².